The molecule has 0 aliphatic heterocycles. The van der Waals surface area contributed by atoms with Crippen LogP contribution >= 0.6 is 0 Å². The van der Waals surface area contributed by atoms with E-state index in [1.807, 2.05) is 31.3 Å². The average molecular weight is 491 g/mol. The predicted octanol–water partition coefficient (Wildman–Crippen LogP) is 3.52. The van der Waals surface area contributed by atoms with Gasteiger partial charge in [-0.25, -0.2) is 0 Å². The summed E-state index contributed by atoms with van der Waals surface area (Å²) in [5.41, 5.74) is 1.06. The Balaban J connectivity index is 0.000000588. The zero-order valence-electron chi connectivity index (χ0n) is 20.1. The normalized spacial score (nSPS) is 11.2. The lowest BCUT2D eigenvalue weighted by Crippen LogP contribution is -2.28. The second-order valence-electron chi connectivity index (χ2n) is 7.50. The van der Waals surface area contributed by atoms with E-state index in [0.29, 0.717) is 29.3 Å². The predicted molar refractivity (Wildman–Crippen MR) is 130 cm³/mol. The van der Waals surface area contributed by atoms with Crippen molar-refractivity contribution in [3.05, 3.63) is 36.5 Å². The van der Waals surface area contributed by atoms with Crippen LogP contribution < -0.4 is 28.3 Å². The number of ether oxygens (including phenoxy) is 5. The first-order valence-electron chi connectivity index (χ1n) is 10.1. The number of nitrogens with zero attached hydrogens (tertiary/aromatic N) is 1. The molecule has 0 amide bonds. The third-order valence-electron chi connectivity index (χ3n) is 5.33. The van der Waals surface area contributed by atoms with Gasteiger partial charge in [0.15, 0.2) is 29.2 Å². The van der Waals surface area contributed by atoms with E-state index in [1.165, 1.54) is 0 Å². The highest BCUT2D eigenvalue weighted by atomic mass is 32.2. The lowest BCUT2D eigenvalue weighted by atomic mass is 9.99. The summed E-state index contributed by atoms with van der Waals surface area (Å²) >= 11 is 0. The van der Waals surface area contributed by atoms with Gasteiger partial charge in [-0.3, -0.25) is 4.55 Å². The maximum absolute atomic E-state index is 9.19. The summed E-state index contributed by atoms with van der Waals surface area (Å²) < 4.78 is 55.8. The Kier molecular flexibility index (Phi) is 7.23. The molecule has 0 bridgehead atoms. The Bertz CT molecular complexity index is 1470. The Hall–Kier alpha value is -3.50. The van der Waals surface area contributed by atoms with Crippen molar-refractivity contribution < 1.29 is 41.2 Å². The molecular formula is C24H28NO8S+. The fourth-order valence-corrected chi connectivity index (χ4v) is 3.96. The number of fused-ring (bicyclic) bond motifs is 5. The number of hydrogen-bond donors (Lipinski definition) is 1. The highest BCUT2D eigenvalue weighted by molar-refractivity contribution is 7.85. The van der Waals surface area contributed by atoms with Crippen molar-refractivity contribution in [1.82, 2.24) is 0 Å². The van der Waals surface area contributed by atoms with Crippen LogP contribution in [0, 0.1) is 0 Å². The minimum atomic E-state index is -3.67. The molecule has 0 radical (unpaired) electrons. The SMILES string of the molecule is COc1cc2c[n+](C)c3c4cc(OC)c(OC)cc4c(OC)cc3c2cc1OC.CS(=O)(=O)O. The van der Waals surface area contributed by atoms with Gasteiger partial charge in [0.25, 0.3) is 10.1 Å². The number of aryl methyl sites for hydroxylation is 1. The molecule has 0 saturated carbocycles. The van der Waals surface area contributed by atoms with Crippen molar-refractivity contribution in [3.63, 3.8) is 0 Å². The van der Waals surface area contributed by atoms with E-state index in [0.717, 1.165) is 38.2 Å². The lowest BCUT2D eigenvalue weighted by Gasteiger charge is -2.14. The van der Waals surface area contributed by atoms with E-state index in [4.69, 9.17) is 28.2 Å². The van der Waals surface area contributed by atoms with Crippen molar-refractivity contribution in [1.29, 1.82) is 0 Å². The van der Waals surface area contributed by atoms with E-state index >= 15 is 0 Å². The largest absolute Gasteiger partial charge is 0.496 e. The highest BCUT2D eigenvalue weighted by Crippen LogP contribution is 2.42. The van der Waals surface area contributed by atoms with Gasteiger partial charge in [0.05, 0.1) is 58.0 Å². The average Bonchev–Trinajstić information content (AvgIpc) is 2.80. The molecule has 0 atom stereocenters. The molecule has 9 nitrogen and oxygen atoms in total. The molecule has 3 aromatic carbocycles. The van der Waals surface area contributed by atoms with Crippen molar-refractivity contribution in [2.45, 2.75) is 0 Å². The van der Waals surface area contributed by atoms with Crippen LogP contribution in [0.1, 0.15) is 0 Å². The van der Waals surface area contributed by atoms with Crippen molar-refractivity contribution in [3.8, 4) is 28.7 Å². The topological polar surface area (TPSA) is 104 Å². The van der Waals surface area contributed by atoms with Crippen molar-refractivity contribution in [2.24, 2.45) is 7.05 Å². The summed E-state index contributed by atoms with van der Waals surface area (Å²) in [5.74, 6) is 3.46. The van der Waals surface area contributed by atoms with E-state index in [1.54, 1.807) is 35.5 Å². The first-order valence-corrected chi connectivity index (χ1v) is 11.9. The van der Waals surface area contributed by atoms with Crippen LogP contribution in [0.3, 0.4) is 0 Å². The number of hydrogen-bond acceptors (Lipinski definition) is 7. The molecule has 4 rings (SSSR count). The number of benzene rings is 3. The molecule has 0 aliphatic carbocycles. The molecule has 182 valence electrons. The second-order valence-corrected chi connectivity index (χ2v) is 8.96. The van der Waals surface area contributed by atoms with Crippen molar-refractivity contribution >= 4 is 42.6 Å². The zero-order chi connectivity index (χ0) is 25.2. The first-order chi connectivity index (χ1) is 16.1. The fourth-order valence-electron chi connectivity index (χ4n) is 3.96. The Labute approximate surface area is 198 Å². The van der Waals surface area contributed by atoms with E-state index in [-0.39, 0.29) is 0 Å². The molecule has 0 unspecified atom stereocenters. The molecule has 34 heavy (non-hydrogen) atoms. The molecule has 1 aromatic heterocycles. The summed E-state index contributed by atoms with van der Waals surface area (Å²) in [6.07, 6.45) is 2.80. The van der Waals surface area contributed by atoms with Crippen LogP contribution in [-0.2, 0) is 17.2 Å². The fraction of sp³-hybridized carbons (Fsp3) is 0.292. The van der Waals surface area contributed by atoms with E-state index in [9.17, 15) is 8.42 Å². The van der Waals surface area contributed by atoms with E-state index < -0.39 is 10.1 Å². The minimum absolute atomic E-state index is 0.660. The van der Waals surface area contributed by atoms with Gasteiger partial charge in [-0.05, 0) is 30.3 Å². The van der Waals surface area contributed by atoms with Crippen LogP contribution in [0.4, 0.5) is 0 Å². The number of methoxy groups -OCH3 is 5. The van der Waals surface area contributed by atoms with Crippen LogP contribution in [-0.4, -0.2) is 54.8 Å². The standard InChI is InChI=1S/C23H24NO5.CH4O3S/c1-24-12-13-7-19(26-3)20(27-4)8-14(13)16-10-18(25-2)15-9-21(28-5)22(29-6)11-17(15)23(16)24;1-5(2,3)4/h7-12H,1-6H3;1H3,(H,2,3,4)/q+1;. The quantitative estimate of drug-likeness (QED) is 0.257. The minimum Gasteiger partial charge on any atom is -0.496 e. The van der Waals surface area contributed by atoms with Gasteiger partial charge in [-0.1, -0.05) is 0 Å². The highest BCUT2D eigenvalue weighted by Gasteiger charge is 2.21. The Morgan fingerprint density at radius 1 is 0.647 bits per heavy atom. The van der Waals surface area contributed by atoms with Gasteiger partial charge in [-0.15, -0.1) is 0 Å². The van der Waals surface area contributed by atoms with Crippen LogP contribution in [0.25, 0.3) is 32.4 Å². The zero-order valence-corrected chi connectivity index (χ0v) is 20.9. The Morgan fingerprint density at radius 3 is 1.47 bits per heavy atom. The molecule has 10 heteroatoms. The molecule has 0 saturated heterocycles. The first kappa shape index (κ1) is 25.1. The lowest BCUT2D eigenvalue weighted by molar-refractivity contribution is -0.642. The molecule has 0 spiro atoms. The molecule has 1 heterocycles. The molecule has 1 N–H and O–H groups in total. The third-order valence-corrected chi connectivity index (χ3v) is 5.33. The number of rotatable bonds is 5. The van der Waals surface area contributed by atoms with Crippen molar-refractivity contribution in [2.75, 3.05) is 41.8 Å². The van der Waals surface area contributed by atoms with Gasteiger partial charge >= 0.3 is 0 Å². The molecule has 0 fully saturated rings. The molecule has 0 aliphatic rings. The summed E-state index contributed by atoms with van der Waals surface area (Å²) in [5, 5.41) is 5.09. The maximum atomic E-state index is 9.19. The smallest absolute Gasteiger partial charge is 0.261 e. The summed E-state index contributed by atoms with van der Waals surface area (Å²) in [4.78, 5) is 0. The van der Waals surface area contributed by atoms with Gasteiger partial charge in [0.2, 0.25) is 5.52 Å². The van der Waals surface area contributed by atoms with Crippen LogP contribution in [0.5, 0.6) is 28.7 Å². The van der Waals surface area contributed by atoms with Gasteiger partial charge in [0.1, 0.15) is 12.8 Å². The van der Waals surface area contributed by atoms with Gasteiger partial charge < -0.3 is 23.7 Å². The van der Waals surface area contributed by atoms with Gasteiger partial charge in [0, 0.05) is 10.8 Å². The second kappa shape index (κ2) is 9.78. The van der Waals surface area contributed by atoms with E-state index in [2.05, 4.69) is 16.8 Å². The molecule has 4 aromatic rings. The summed E-state index contributed by atoms with van der Waals surface area (Å²) in [6, 6.07) is 9.98. The molecular weight excluding hydrogens is 462 g/mol. The van der Waals surface area contributed by atoms with Crippen LogP contribution in [0.2, 0.25) is 0 Å². The summed E-state index contributed by atoms with van der Waals surface area (Å²) in [6.45, 7) is 0. The Morgan fingerprint density at radius 2 is 1.00 bits per heavy atom. The third kappa shape index (κ3) is 4.87. The maximum Gasteiger partial charge on any atom is 0.261 e. The van der Waals surface area contributed by atoms with Gasteiger partial charge in [-0.2, -0.15) is 13.0 Å². The van der Waals surface area contributed by atoms with Crippen LogP contribution in [0.15, 0.2) is 36.5 Å². The number of pyridine rings is 1. The number of aromatic nitrogens is 1. The monoisotopic (exact) mass is 490 g/mol. The summed E-state index contributed by atoms with van der Waals surface area (Å²) in [7, 11) is 6.58.